The van der Waals surface area contributed by atoms with E-state index in [9.17, 15) is 4.79 Å². The first kappa shape index (κ1) is 16.0. The van der Waals surface area contributed by atoms with Crippen molar-refractivity contribution >= 4 is 23.2 Å². The lowest BCUT2D eigenvalue weighted by atomic mass is 9.88. The molecule has 1 aromatic carbocycles. The standard InChI is InChI=1S/C15H23ClN2O/c1-11(2)12(9-10-17)7-8-15(19)18-14-6-4-3-5-13(14)16/h3-6,11-12H,7-10,17H2,1-2H3,(H,18,19). The largest absolute Gasteiger partial charge is 0.330 e. The Bertz CT molecular complexity index is 407. The summed E-state index contributed by atoms with van der Waals surface area (Å²) < 4.78 is 0. The van der Waals surface area contributed by atoms with Crippen molar-refractivity contribution < 1.29 is 4.79 Å². The van der Waals surface area contributed by atoms with E-state index in [1.165, 1.54) is 0 Å². The number of hydrogen-bond acceptors (Lipinski definition) is 2. The normalized spacial score (nSPS) is 12.5. The highest BCUT2D eigenvalue weighted by molar-refractivity contribution is 6.33. The van der Waals surface area contributed by atoms with E-state index in [0.717, 1.165) is 12.8 Å². The second kappa shape index (κ2) is 8.18. The molecule has 3 N–H and O–H groups in total. The highest BCUT2D eigenvalue weighted by Crippen LogP contribution is 2.23. The minimum absolute atomic E-state index is 0.00997. The van der Waals surface area contributed by atoms with Gasteiger partial charge < -0.3 is 11.1 Å². The fourth-order valence-corrected chi connectivity index (χ4v) is 2.30. The van der Waals surface area contributed by atoms with Gasteiger partial charge in [-0.2, -0.15) is 0 Å². The molecule has 106 valence electrons. The Balaban J connectivity index is 2.45. The van der Waals surface area contributed by atoms with Crippen molar-refractivity contribution in [3.8, 4) is 0 Å². The molecule has 0 aliphatic heterocycles. The highest BCUT2D eigenvalue weighted by atomic mass is 35.5. The van der Waals surface area contributed by atoms with Gasteiger partial charge in [-0.3, -0.25) is 4.79 Å². The van der Waals surface area contributed by atoms with Crippen LogP contribution in [0.1, 0.15) is 33.1 Å². The summed E-state index contributed by atoms with van der Waals surface area (Å²) in [7, 11) is 0. The van der Waals surface area contributed by atoms with E-state index in [2.05, 4.69) is 19.2 Å². The van der Waals surface area contributed by atoms with Gasteiger partial charge in [0.1, 0.15) is 0 Å². The predicted molar refractivity (Wildman–Crippen MR) is 81.3 cm³/mol. The van der Waals surface area contributed by atoms with Gasteiger partial charge in [0.15, 0.2) is 0 Å². The molecule has 0 saturated heterocycles. The third-order valence-electron chi connectivity index (χ3n) is 3.37. The zero-order valence-corrected chi connectivity index (χ0v) is 12.4. The zero-order chi connectivity index (χ0) is 14.3. The first-order valence-electron chi connectivity index (χ1n) is 6.79. The number of para-hydroxylation sites is 1. The third kappa shape index (κ3) is 5.62. The van der Waals surface area contributed by atoms with Gasteiger partial charge in [0.25, 0.3) is 0 Å². The number of anilines is 1. The molecule has 1 amide bonds. The van der Waals surface area contributed by atoms with Crippen molar-refractivity contribution in [3.05, 3.63) is 29.3 Å². The SMILES string of the molecule is CC(C)C(CCN)CCC(=O)Nc1ccccc1Cl. The fourth-order valence-electron chi connectivity index (χ4n) is 2.12. The van der Waals surface area contributed by atoms with Gasteiger partial charge >= 0.3 is 0 Å². The fraction of sp³-hybridized carbons (Fsp3) is 0.533. The molecule has 0 heterocycles. The second-order valence-electron chi connectivity index (χ2n) is 5.15. The van der Waals surface area contributed by atoms with Crippen LogP contribution in [-0.4, -0.2) is 12.5 Å². The molecule has 0 spiro atoms. The molecule has 1 rings (SSSR count). The van der Waals surface area contributed by atoms with Gasteiger partial charge in [-0.1, -0.05) is 37.6 Å². The molecule has 3 nitrogen and oxygen atoms in total. The molecule has 4 heteroatoms. The van der Waals surface area contributed by atoms with E-state index >= 15 is 0 Å². The zero-order valence-electron chi connectivity index (χ0n) is 11.7. The first-order chi connectivity index (χ1) is 9.04. The van der Waals surface area contributed by atoms with E-state index in [4.69, 9.17) is 17.3 Å². The smallest absolute Gasteiger partial charge is 0.224 e. The Morgan fingerprint density at radius 3 is 2.58 bits per heavy atom. The molecule has 0 aliphatic rings. The Morgan fingerprint density at radius 2 is 2.00 bits per heavy atom. The number of benzene rings is 1. The van der Waals surface area contributed by atoms with Crippen LogP contribution in [-0.2, 0) is 4.79 Å². The molecule has 0 fully saturated rings. The monoisotopic (exact) mass is 282 g/mol. The first-order valence-corrected chi connectivity index (χ1v) is 7.16. The van der Waals surface area contributed by atoms with Crippen molar-refractivity contribution in [1.29, 1.82) is 0 Å². The van der Waals surface area contributed by atoms with E-state index in [1.807, 2.05) is 12.1 Å². The molecule has 0 aliphatic carbocycles. The molecule has 0 aromatic heterocycles. The maximum absolute atomic E-state index is 11.9. The molecule has 0 bridgehead atoms. The average Bonchev–Trinajstić information content (AvgIpc) is 2.37. The van der Waals surface area contributed by atoms with E-state index < -0.39 is 0 Å². The number of amides is 1. The summed E-state index contributed by atoms with van der Waals surface area (Å²) in [6, 6.07) is 7.27. The summed E-state index contributed by atoms with van der Waals surface area (Å²) in [6.07, 6.45) is 2.34. The van der Waals surface area contributed by atoms with Crippen molar-refractivity contribution in [2.75, 3.05) is 11.9 Å². The van der Waals surface area contributed by atoms with Crippen LogP contribution in [0.5, 0.6) is 0 Å². The van der Waals surface area contributed by atoms with Gasteiger partial charge in [0, 0.05) is 6.42 Å². The van der Waals surface area contributed by atoms with Crippen LogP contribution in [0.3, 0.4) is 0 Å². The Morgan fingerprint density at radius 1 is 1.32 bits per heavy atom. The summed E-state index contributed by atoms with van der Waals surface area (Å²) in [5, 5.41) is 3.41. The van der Waals surface area contributed by atoms with Gasteiger partial charge in [0.05, 0.1) is 10.7 Å². The second-order valence-corrected chi connectivity index (χ2v) is 5.56. The van der Waals surface area contributed by atoms with Gasteiger partial charge in [0.2, 0.25) is 5.91 Å². The molecule has 0 saturated carbocycles. The van der Waals surface area contributed by atoms with Crippen LogP contribution in [0.2, 0.25) is 5.02 Å². The Hall–Kier alpha value is -1.06. The number of nitrogens with two attached hydrogens (primary N) is 1. The van der Waals surface area contributed by atoms with Crippen molar-refractivity contribution in [3.63, 3.8) is 0 Å². The molecular weight excluding hydrogens is 260 g/mol. The third-order valence-corrected chi connectivity index (χ3v) is 3.70. The van der Waals surface area contributed by atoms with Gasteiger partial charge in [-0.05, 0) is 43.4 Å². The molecule has 19 heavy (non-hydrogen) atoms. The summed E-state index contributed by atoms with van der Waals surface area (Å²) in [5.74, 6) is 1.06. The van der Waals surface area contributed by atoms with Crippen LogP contribution in [0.4, 0.5) is 5.69 Å². The highest BCUT2D eigenvalue weighted by Gasteiger charge is 2.14. The lowest BCUT2D eigenvalue weighted by Crippen LogP contribution is -2.18. The lowest BCUT2D eigenvalue weighted by molar-refractivity contribution is -0.116. The minimum Gasteiger partial charge on any atom is -0.330 e. The number of nitrogens with one attached hydrogen (secondary N) is 1. The van der Waals surface area contributed by atoms with E-state index in [1.54, 1.807) is 12.1 Å². The number of carbonyl (C=O) groups excluding carboxylic acids is 1. The molecular formula is C15H23ClN2O. The van der Waals surface area contributed by atoms with Crippen LogP contribution >= 0.6 is 11.6 Å². The summed E-state index contributed by atoms with van der Waals surface area (Å²) in [4.78, 5) is 11.9. The van der Waals surface area contributed by atoms with Crippen molar-refractivity contribution in [2.24, 2.45) is 17.6 Å². The van der Waals surface area contributed by atoms with Crippen LogP contribution < -0.4 is 11.1 Å². The number of hydrogen-bond donors (Lipinski definition) is 2. The van der Waals surface area contributed by atoms with E-state index in [0.29, 0.717) is 35.5 Å². The summed E-state index contributed by atoms with van der Waals surface area (Å²) in [5.41, 5.74) is 6.27. The predicted octanol–water partition coefficient (Wildman–Crippen LogP) is 3.68. The maximum Gasteiger partial charge on any atom is 0.224 e. The van der Waals surface area contributed by atoms with Gasteiger partial charge in [-0.15, -0.1) is 0 Å². The van der Waals surface area contributed by atoms with Crippen molar-refractivity contribution in [2.45, 2.75) is 33.1 Å². The lowest BCUT2D eigenvalue weighted by Gasteiger charge is -2.19. The average molecular weight is 283 g/mol. The van der Waals surface area contributed by atoms with Crippen LogP contribution in [0.15, 0.2) is 24.3 Å². The molecule has 1 unspecified atom stereocenters. The summed E-state index contributed by atoms with van der Waals surface area (Å²) in [6.45, 7) is 5.02. The van der Waals surface area contributed by atoms with Crippen LogP contribution in [0, 0.1) is 11.8 Å². The minimum atomic E-state index is 0.00997. The summed E-state index contributed by atoms with van der Waals surface area (Å²) >= 11 is 6.00. The molecule has 1 aromatic rings. The number of carbonyl (C=O) groups is 1. The topological polar surface area (TPSA) is 55.1 Å². The quantitative estimate of drug-likeness (QED) is 0.801. The maximum atomic E-state index is 11.9. The van der Waals surface area contributed by atoms with E-state index in [-0.39, 0.29) is 5.91 Å². The molecule has 1 atom stereocenters. The van der Waals surface area contributed by atoms with Crippen molar-refractivity contribution in [1.82, 2.24) is 0 Å². The Kier molecular flexibility index (Phi) is 6.89. The van der Waals surface area contributed by atoms with Crippen LogP contribution in [0.25, 0.3) is 0 Å². The molecule has 0 radical (unpaired) electrons. The van der Waals surface area contributed by atoms with Gasteiger partial charge in [-0.25, -0.2) is 0 Å². The number of rotatable bonds is 7. The Labute approximate surface area is 120 Å². The number of halogens is 1.